The number of hydrogen-bond donors (Lipinski definition) is 1. The average molecular weight is 407 g/mol. The molecule has 1 N–H and O–H groups in total. The second kappa shape index (κ2) is 9.30. The number of aryl methyl sites for hydroxylation is 1. The number of carbonyl (C=O) groups excluding carboxylic acids is 1. The number of hydrogen-bond acceptors (Lipinski definition) is 7. The molecule has 156 valence electrons. The molecule has 0 saturated carbocycles. The average Bonchev–Trinajstić information content (AvgIpc) is 3.30. The molecule has 1 amide bonds. The van der Waals surface area contributed by atoms with Crippen LogP contribution in [0.1, 0.15) is 11.5 Å². The number of amides is 1. The molecular weight excluding hydrogens is 382 g/mol. The highest BCUT2D eigenvalue weighted by Gasteiger charge is 2.20. The Morgan fingerprint density at radius 2 is 1.83 bits per heavy atom. The topological polar surface area (TPSA) is 83.7 Å². The lowest BCUT2D eigenvalue weighted by atomic mass is 10.2. The number of anilines is 2. The van der Waals surface area contributed by atoms with Crippen LogP contribution in [-0.4, -0.2) is 48.7 Å². The van der Waals surface area contributed by atoms with E-state index >= 15 is 0 Å². The van der Waals surface area contributed by atoms with Crippen LogP contribution in [0.15, 0.2) is 59.2 Å². The maximum absolute atomic E-state index is 12.0. The van der Waals surface area contributed by atoms with Gasteiger partial charge in [-0.1, -0.05) is 18.2 Å². The fourth-order valence-corrected chi connectivity index (χ4v) is 3.33. The SMILES string of the molecule is Cc1cc(OCC(=O)NCc2ccco2)nc(N2CCN(c3ccccc3)CC2)n1. The zero-order chi connectivity index (χ0) is 20.8. The van der Waals surface area contributed by atoms with Crippen molar-refractivity contribution in [1.82, 2.24) is 15.3 Å². The molecule has 0 atom stereocenters. The summed E-state index contributed by atoms with van der Waals surface area (Å²) in [7, 11) is 0. The highest BCUT2D eigenvalue weighted by atomic mass is 16.5. The lowest BCUT2D eigenvalue weighted by molar-refractivity contribution is -0.123. The van der Waals surface area contributed by atoms with E-state index in [1.54, 1.807) is 24.5 Å². The molecule has 1 fully saturated rings. The summed E-state index contributed by atoms with van der Waals surface area (Å²) in [5, 5.41) is 2.75. The third-order valence-electron chi connectivity index (χ3n) is 4.89. The third-order valence-corrected chi connectivity index (χ3v) is 4.89. The highest BCUT2D eigenvalue weighted by Crippen LogP contribution is 2.20. The summed E-state index contributed by atoms with van der Waals surface area (Å²) in [6, 6.07) is 15.7. The van der Waals surface area contributed by atoms with E-state index in [0.717, 1.165) is 31.9 Å². The highest BCUT2D eigenvalue weighted by molar-refractivity contribution is 5.77. The predicted octanol–water partition coefficient (Wildman–Crippen LogP) is 2.40. The van der Waals surface area contributed by atoms with Crippen molar-refractivity contribution in [2.45, 2.75) is 13.5 Å². The first-order valence-electron chi connectivity index (χ1n) is 10.00. The van der Waals surface area contributed by atoms with Gasteiger partial charge in [0.2, 0.25) is 11.8 Å². The summed E-state index contributed by atoms with van der Waals surface area (Å²) in [6.45, 7) is 5.55. The van der Waals surface area contributed by atoms with Crippen molar-refractivity contribution in [3.05, 3.63) is 66.2 Å². The number of carbonyl (C=O) groups is 1. The minimum atomic E-state index is -0.235. The van der Waals surface area contributed by atoms with E-state index in [9.17, 15) is 4.79 Å². The van der Waals surface area contributed by atoms with Gasteiger partial charge in [-0.25, -0.2) is 4.98 Å². The molecule has 8 nitrogen and oxygen atoms in total. The Bertz CT molecular complexity index is 954. The molecule has 1 aromatic carbocycles. The van der Waals surface area contributed by atoms with E-state index in [0.29, 0.717) is 24.1 Å². The van der Waals surface area contributed by atoms with Crippen molar-refractivity contribution in [3.63, 3.8) is 0 Å². The number of nitrogens with zero attached hydrogens (tertiary/aromatic N) is 4. The van der Waals surface area contributed by atoms with Crippen molar-refractivity contribution in [3.8, 4) is 5.88 Å². The monoisotopic (exact) mass is 407 g/mol. The number of ether oxygens (including phenoxy) is 1. The largest absolute Gasteiger partial charge is 0.467 e. The molecule has 30 heavy (non-hydrogen) atoms. The molecule has 3 aromatic rings. The summed E-state index contributed by atoms with van der Waals surface area (Å²) in [4.78, 5) is 25.6. The van der Waals surface area contributed by atoms with Gasteiger partial charge in [0.15, 0.2) is 6.61 Å². The first-order chi connectivity index (χ1) is 14.7. The van der Waals surface area contributed by atoms with Crippen LogP contribution < -0.4 is 19.9 Å². The third kappa shape index (κ3) is 5.08. The van der Waals surface area contributed by atoms with Gasteiger partial charge in [0.25, 0.3) is 5.91 Å². The van der Waals surface area contributed by atoms with Crippen molar-refractivity contribution in [1.29, 1.82) is 0 Å². The number of benzene rings is 1. The van der Waals surface area contributed by atoms with E-state index in [4.69, 9.17) is 9.15 Å². The molecule has 1 aliphatic heterocycles. The van der Waals surface area contributed by atoms with E-state index < -0.39 is 0 Å². The fourth-order valence-electron chi connectivity index (χ4n) is 3.33. The zero-order valence-corrected chi connectivity index (χ0v) is 17.0. The molecule has 8 heteroatoms. The van der Waals surface area contributed by atoms with Crippen LogP contribution in [0.3, 0.4) is 0 Å². The van der Waals surface area contributed by atoms with Gasteiger partial charge < -0.3 is 24.3 Å². The minimum Gasteiger partial charge on any atom is -0.467 e. The normalized spacial score (nSPS) is 13.9. The Balaban J connectivity index is 1.31. The number of para-hydroxylation sites is 1. The Kier molecular flexibility index (Phi) is 6.12. The van der Waals surface area contributed by atoms with Crippen LogP contribution >= 0.6 is 0 Å². The van der Waals surface area contributed by atoms with E-state index in [1.807, 2.05) is 13.0 Å². The summed E-state index contributed by atoms with van der Waals surface area (Å²) >= 11 is 0. The minimum absolute atomic E-state index is 0.113. The quantitative estimate of drug-likeness (QED) is 0.644. The molecule has 3 heterocycles. The molecule has 0 unspecified atom stereocenters. The number of aromatic nitrogens is 2. The molecular formula is C22H25N5O3. The first kappa shape index (κ1) is 19.8. The van der Waals surface area contributed by atoms with Gasteiger partial charge >= 0.3 is 0 Å². The van der Waals surface area contributed by atoms with Crippen molar-refractivity contribution in [2.75, 3.05) is 42.6 Å². The molecule has 0 radical (unpaired) electrons. The van der Waals surface area contributed by atoms with Crippen LogP contribution in [0.4, 0.5) is 11.6 Å². The lowest BCUT2D eigenvalue weighted by Crippen LogP contribution is -2.47. The maximum Gasteiger partial charge on any atom is 0.258 e. The van der Waals surface area contributed by atoms with Crippen molar-refractivity contribution >= 4 is 17.5 Å². The van der Waals surface area contributed by atoms with Crippen LogP contribution in [0.5, 0.6) is 5.88 Å². The lowest BCUT2D eigenvalue weighted by Gasteiger charge is -2.36. The first-order valence-corrected chi connectivity index (χ1v) is 10.00. The Labute approximate surface area is 175 Å². The number of furan rings is 1. The van der Waals surface area contributed by atoms with E-state index in [-0.39, 0.29) is 12.5 Å². The molecule has 0 aliphatic carbocycles. The number of nitrogens with one attached hydrogen (secondary N) is 1. The van der Waals surface area contributed by atoms with Gasteiger partial charge in [0, 0.05) is 43.6 Å². The van der Waals surface area contributed by atoms with Crippen molar-refractivity contribution < 1.29 is 13.9 Å². The van der Waals surface area contributed by atoms with Crippen LogP contribution in [0, 0.1) is 6.92 Å². The standard InChI is InChI=1S/C22H25N5O3/c1-17-14-21(30-16-20(28)23-15-19-8-5-13-29-19)25-22(24-17)27-11-9-26(10-12-27)18-6-3-2-4-7-18/h2-8,13-14H,9-12,15-16H2,1H3,(H,23,28). The summed E-state index contributed by atoms with van der Waals surface area (Å²) in [6.07, 6.45) is 1.57. The molecule has 4 rings (SSSR count). The van der Waals surface area contributed by atoms with Crippen LogP contribution in [0.2, 0.25) is 0 Å². The van der Waals surface area contributed by atoms with E-state index in [2.05, 4.69) is 49.4 Å². The molecule has 1 aliphatic rings. The zero-order valence-electron chi connectivity index (χ0n) is 17.0. The Morgan fingerprint density at radius 1 is 1.07 bits per heavy atom. The van der Waals surface area contributed by atoms with Crippen LogP contribution in [-0.2, 0) is 11.3 Å². The number of piperazine rings is 1. The summed E-state index contributed by atoms with van der Waals surface area (Å²) < 4.78 is 10.8. The van der Waals surface area contributed by atoms with Gasteiger partial charge in [-0.2, -0.15) is 4.98 Å². The maximum atomic E-state index is 12.0. The molecule has 0 spiro atoms. The molecule has 2 aromatic heterocycles. The van der Waals surface area contributed by atoms with Crippen LogP contribution in [0.25, 0.3) is 0 Å². The Morgan fingerprint density at radius 3 is 2.57 bits per heavy atom. The smallest absolute Gasteiger partial charge is 0.258 e. The second-order valence-electron chi connectivity index (χ2n) is 7.10. The van der Waals surface area contributed by atoms with E-state index in [1.165, 1.54) is 5.69 Å². The van der Waals surface area contributed by atoms with Gasteiger partial charge in [0.05, 0.1) is 12.8 Å². The van der Waals surface area contributed by atoms with Gasteiger partial charge in [-0.3, -0.25) is 4.79 Å². The molecule has 0 bridgehead atoms. The predicted molar refractivity (Wildman–Crippen MR) is 114 cm³/mol. The van der Waals surface area contributed by atoms with Gasteiger partial charge in [0.1, 0.15) is 5.76 Å². The Hall–Kier alpha value is -3.55. The fraction of sp³-hybridized carbons (Fsp3) is 0.318. The summed E-state index contributed by atoms with van der Waals surface area (Å²) in [5.41, 5.74) is 2.03. The molecule has 1 saturated heterocycles. The van der Waals surface area contributed by atoms with Gasteiger partial charge in [-0.15, -0.1) is 0 Å². The second-order valence-corrected chi connectivity index (χ2v) is 7.10. The number of rotatable bonds is 7. The van der Waals surface area contributed by atoms with Crippen molar-refractivity contribution in [2.24, 2.45) is 0 Å². The summed E-state index contributed by atoms with van der Waals surface area (Å²) in [5.74, 6) is 1.49. The van der Waals surface area contributed by atoms with Gasteiger partial charge in [-0.05, 0) is 31.2 Å².